The van der Waals surface area contributed by atoms with Gasteiger partial charge in [-0.3, -0.25) is 4.79 Å². The summed E-state index contributed by atoms with van der Waals surface area (Å²) in [6.45, 7) is 3.12. The SMILES string of the molecule is C[C@H](Oc1ccc(Br)cc1)C(=O)NCc1cccc(CN(C)C)c1. The molecule has 0 heterocycles. The summed E-state index contributed by atoms with van der Waals surface area (Å²) in [6, 6.07) is 15.7. The Kier molecular flexibility index (Phi) is 6.82. The molecule has 0 unspecified atom stereocenters. The Labute approximate surface area is 151 Å². The van der Waals surface area contributed by atoms with E-state index in [1.54, 1.807) is 6.92 Å². The van der Waals surface area contributed by atoms with Gasteiger partial charge in [-0.05, 0) is 56.4 Å². The Morgan fingerprint density at radius 1 is 1.17 bits per heavy atom. The number of carbonyl (C=O) groups excluding carboxylic acids is 1. The molecule has 0 bridgehead atoms. The van der Waals surface area contributed by atoms with E-state index >= 15 is 0 Å². The van der Waals surface area contributed by atoms with Crippen LogP contribution in [0.2, 0.25) is 0 Å². The quantitative estimate of drug-likeness (QED) is 0.784. The molecule has 0 radical (unpaired) electrons. The van der Waals surface area contributed by atoms with Crippen LogP contribution < -0.4 is 10.1 Å². The van der Waals surface area contributed by atoms with Crippen molar-refractivity contribution in [2.75, 3.05) is 14.1 Å². The molecule has 0 aliphatic carbocycles. The van der Waals surface area contributed by atoms with Gasteiger partial charge in [0, 0.05) is 17.6 Å². The summed E-state index contributed by atoms with van der Waals surface area (Å²) in [7, 11) is 4.07. The summed E-state index contributed by atoms with van der Waals surface area (Å²) >= 11 is 3.37. The lowest BCUT2D eigenvalue weighted by Gasteiger charge is -2.15. The van der Waals surface area contributed by atoms with Crippen LogP contribution in [-0.2, 0) is 17.9 Å². The number of hydrogen-bond donors (Lipinski definition) is 1. The topological polar surface area (TPSA) is 41.6 Å². The van der Waals surface area contributed by atoms with E-state index in [1.807, 2.05) is 50.5 Å². The van der Waals surface area contributed by atoms with Gasteiger partial charge in [0.2, 0.25) is 0 Å². The van der Waals surface area contributed by atoms with E-state index in [9.17, 15) is 4.79 Å². The van der Waals surface area contributed by atoms with Gasteiger partial charge in [-0.15, -0.1) is 0 Å². The first-order chi connectivity index (χ1) is 11.4. The van der Waals surface area contributed by atoms with Gasteiger partial charge in [-0.1, -0.05) is 40.2 Å². The summed E-state index contributed by atoms with van der Waals surface area (Å²) in [4.78, 5) is 14.3. The molecule has 24 heavy (non-hydrogen) atoms. The number of amides is 1. The van der Waals surface area contributed by atoms with Gasteiger partial charge >= 0.3 is 0 Å². The van der Waals surface area contributed by atoms with Crippen LogP contribution in [0.25, 0.3) is 0 Å². The highest BCUT2D eigenvalue weighted by molar-refractivity contribution is 9.10. The predicted molar refractivity (Wildman–Crippen MR) is 99.9 cm³/mol. The number of halogens is 1. The average Bonchev–Trinajstić information content (AvgIpc) is 2.54. The number of hydrogen-bond acceptors (Lipinski definition) is 3. The van der Waals surface area contributed by atoms with E-state index in [-0.39, 0.29) is 5.91 Å². The zero-order valence-electron chi connectivity index (χ0n) is 14.3. The fourth-order valence-electron chi connectivity index (χ4n) is 2.31. The minimum Gasteiger partial charge on any atom is -0.481 e. The fraction of sp³-hybridized carbons (Fsp3) is 0.316. The zero-order chi connectivity index (χ0) is 17.5. The van der Waals surface area contributed by atoms with Crippen molar-refractivity contribution in [3.63, 3.8) is 0 Å². The third kappa shape index (κ3) is 5.98. The van der Waals surface area contributed by atoms with Crippen LogP contribution >= 0.6 is 15.9 Å². The molecule has 5 heteroatoms. The zero-order valence-corrected chi connectivity index (χ0v) is 15.8. The maximum atomic E-state index is 12.2. The van der Waals surface area contributed by atoms with E-state index in [1.165, 1.54) is 5.56 Å². The summed E-state index contributed by atoms with van der Waals surface area (Å²) < 4.78 is 6.63. The molecule has 2 aromatic rings. The maximum Gasteiger partial charge on any atom is 0.261 e. The highest BCUT2D eigenvalue weighted by Crippen LogP contribution is 2.17. The van der Waals surface area contributed by atoms with Crippen LogP contribution in [0.3, 0.4) is 0 Å². The van der Waals surface area contributed by atoms with Crippen LogP contribution in [0.5, 0.6) is 5.75 Å². The highest BCUT2D eigenvalue weighted by Gasteiger charge is 2.14. The monoisotopic (exact) mass is 390 g/mol. The Morgan fingerprint density at radius 2 is 1.83 bits per heavy atom. The average molecular weight is 391 g/mol. The van der Waals surface area contributed by atoms with Gasteiger partial charge in [-0.25, -0.2) is 0 Å². The molecule has 0 fully saturated rings. The van der Waals surface area contributed by atoms with Crippen LogP contribution in [0, 0.1) is 0 Å². The van der Waals surface area contributed by atoms with Gasteiger partial charge < -0.3 is 15.0 Å². The third-order valence-electron chi connectivity index (χ3n) is 3.45. The van der Waals surface area contributed by atoms with Gasteiger partial charge in [0.15, 0.2) is 6.10 Å². The van der Waals surface area contributed by atoms with E-state index in [2.05, 4.69) is 38.3 Å². The molecule has 1 amide bonds. The molecular formula is C19H23BrN2O2. The van der Waals surface area contributed by atoms with Gasteiger partial charge in [0.05, 0.1) is 0 Å². The summed E-state index contributed by atoms with van der Waals surface area (Å²) in [5.41, 5.74) is 2.31. The lowest BCUT2D eigenvalue weighted by atomic mass is 10.1. The van der Waals surface area contributed by atoms with Crippen molar-refractivity contribution in [1.82, 2.24) is 10.2 Å². The molecule has 0 saturated heterocycles. The molecule has 0 spiro atoms. The van der Waals surface area contributed by atoms with E-state index in [0.717, 1.165) is 16.6 Å². The van der Waals surface area contributed by atoms with E-state index in [4.69, 9.17) is 4.74 Å². The Balaban J connectivity index is 1.86. The van der Waals surface area contributed by atoms with Gasteiger partial charge in [-0.2, -0.15) is 0 Å². The second-order valence-electron chi connectivity index (χ2n) is 5.99. The number of nitrogens with zero attached hydrogens (tertiary/aromatic N) is 1. The van der Waals surface area contributed by atoms with Crippen LogP contribution in [0.4, 0.5) is 0 Å². The first-order valence-electron chi connectivity index (χ1n) is 7.86. The maximum absolute atomic E-state index is 12.2. The molecule has 0 aliphatic heterocycles. The minimum absolute atomic E-state index is 0.129. The number of ether oxygens (including phenoxy) is 1. The Bertz CT molecular complexity index is 671. The summed E-state index contributed by atoms with van der Waals surface area (Å²) in [6.07, 6.45) is -0.545. The van der Waals surface area contributed by atoms with Gasteiger partial charge in [0.1, 0.15) is 5.75 Å². The molecule has 1 atom stereocenters. The molecule has 0 aromatic heterocycles. The normalized spacial score (nSPS) is 12.0. The largest absolute Gasteiger partial charge is 0.481 e. The molecule has 2 rings (SSSR count). The number of benzene rings is 2. The molecule has 2 aromatic carbocycles. The third-order valence-corrected chi connectivity index (χ3v) is 3.98. The van der Waals surface area contributed by atoms with Crippen molar-refractivity contribution in [2.24, 2.45) is 0 Å². The first-order valence-corrected chi connectivity index (χ1v) is 8.66. The molecule has 1 N–H and O–H groups in total. The lowest BCUT2D eigenvalue weighted by Crippen LogP contribution is -2.35. The van der Waals surface area contributed by atoms with Crippen LogP contribution in [-0.4, -0.2) is 31.0 Å². The van der Waals surface area contributed by atoms with Crippen molar-refractivity contribution in [3.8, 4) is 5.75 Å². The molecule has 128 valence electrons. The molecule has 4 nitrogen and oxygen atoms in total. The lowest BCUT2D eigenvalue weighted by molar-refractivity contribution is -0.127. The highest BCUT2D eigenvalue weighted by atomic mass is 79.9. The van der Waals surface area contributed by atoms with Crippen molar-refractivity contribution >= 4 is 21.8 Å². The second-order valence-corrected chi connectivity index (χ2v) is 6.91. The standard InChI is InChI=1S/C19H23BrN2O2/c1-14(24-18-9-7-17(20)8-10-18)19(23)21-12-15-5-4-6-16(11-15)13-22(2)3/h4-11,14H,12-13H2,1-3H3,(H,21,23)/t14-/m0/s1. The van der Waals surface area contributed by atoms with Crippen LogP contribution in [0.15, 0.2) is 53.0 Å². The number of nitrogens with one attached hydrogen (secondary N) is 1. The van der Waals surface area contributed by atoms with Crippen LogP contribution in [0.1, 0.15) is 18.1 Å². The van der Waals surface area contributed by atoms with Gasteiger partial charge in [0.25, 0.3) is 5.91 Å². The van der Waals surface area contributed by atoms with E-state index in [0.29, 0.717) is 12.3 Å². The van der Waals surface area contributed by atoms with Crippen molar-refractivity contribution in [1.29, 1.82) is 0 Å². The van der Waals surface area contributed by atoms with Crippen molar-refractivity contribution in [2.45, 2.75) is 26.1 Å². The second kappa shape index (κ2) is 8.85. The predicted octanol–water partition coefficient (Wildman–Crippen LogP) is 3.59. The molecule has 0 saturated carbocycles. The summed E-state index contributed by atoms with van der Waals surface area (Å²) in [5, 5.41) is 2.92. The van der Waals surface area contributed by atoms with E-state index < -0.39 is 6.10 Å². The minimum atomic E-state index is -0.545. The number of carbonyl (C=O) groups is 1. The Hall–Kier alpha value is -1.85. The molecular weight excluding hydrogens is 368 g/mol. The van der Waals surface area contributed by atoms with Crippen molar-refractivity contribution < 1.29 is 9.53 Å². The smallest absolute Gasteiger partial charge is 0.261 e. The van der Waals surface area contributed by atoms with Crippen molar-refractivity contribution in [3.05, 3.63) is 64.1 Å². The fourth-order valence-corrected chi connectivity index (χ4v) is 2.57. The Morgan fingerprint density at radius 3 is 2.50 bits per heavy atom. The summed E-state index contributed by atoms with van der Waals surface area (Å²) in [5.74, 6) is 0.546. The molecule has 0 aliphatic rings. The number of rotatable bonds is 7. The first kappa shape index (κ1) is 18.5.